The van der Waals surface area contributed by atoms with Gasteiger partial charge in [0.1, 0.15) is 6.10 Å². The lowest BCUT2D eigenvalue weighted by atomic mass is 9.89. The highest BCUT2D eigenvalue weighted by molar-refractivity contribution is 5.18. The zero-order chi connectivity index (χ0) is 25.1. The molecule has 0 N–H and O–H groups in total. The van der Waals surface area contributed by atoms with Crippen molar-refractivity contribution in [3.05, 3.63) is 23.9 Å². The summed E-state index contributed by atoms with van der Waals surface area (Å²) in [6.07, 6.45) is 26.4. The Morgan fingerprint density at radius 2 is 1.46 bits per heavy atom. The van der Waals surface area contributed by atoms with Crippen molar-refractivity contribution in [3.8, 4) is 5.88 Å². The summed E-state index contributed by atoms with van der Waals surface area (Å²) in [5.74, 6) is 1.63. The summed E-state index contributed by atoms with van der Waals surface area (Å²) < 4.78 is 6.35. The number of rotatable bonds is 21. The van der Waals surface area contributed by atoms with Crippen molar-refractivity contribution in [2.75, 3.05) is 13.1 Å². The molecule has 1 fully saturated rings. The summed E-state index contributed by atoms with van der Waals surface area (Å²) in [5, 5.41) is 0. The van der Waals surface area contributed by atoms with Crippen LogP contribution >= 0.6 is 0 Å². The lowest BCUT2D eigenvalue weighted by Crippen LogP contribution is -2.35. The Balaban J connectivity index is 1.81. The fraction of sp³-hybridized carbons (Fsp3) is 0.844. The van der Waals surface area contributed by atoms with Crippen LogP contribution in [0.5, 0.6) is 5.88 Å². The molecule has 0 aliphatic carbocycles. The van der Waals surface area contributed by atoms with E-state index >= 15 is 0 Å². The lowest BCUT2D eigenvalue weighted by molar-refractivity contribution is 0.161. The van der Waals surface area contributed by atoms with Crippen LogP contribution in [-0.4, -0.2) is 35.1 Å². The van der Waals surface area contributed by atoms with Gasteiger partial charge in [0.15, 0.2) is 0 Å². The van der Waals surface area contributed by atoms with Crippen molar-refractivity contribution >= 4 is 0 Å². The first-order chi connectivity index (χ1) is 17.2. The summed E-state index contributed by atoms with van der Waals surface area (Å²) >= 11 is 0. The highest BCUT2D eigenvalue weighted by atomic mass is 16.5. The molecule has 2 rings (SSSR count). The van der Waals surface area contributed by atoms with Gasteiger partial charge in [-0.05, 0) is 37.2 Å². The Kier molecular flexibility index (Phi) is 16.4. The van der Waals surface area contributed by atoms with E-state index in [1.807, 2.05) is 0 Å². The number of unbranched alkanes of at least 4 members (excludes halogenated alkanes) is 8. The Morgan fingerprint density at radius 3 is 2.11 bits per heavy atom. The third-order valence-electron chi connectivity index (χ3n) is 8.00. The Morgan fingerprint density at radius 1 is 0.800 bits per heavy atom. The smallest absolute Gasteiger partial charge is 0.213 e. The second-order valence-electron chi connectivity index (χ2n) is 11.2. The largest absolute Gasteiger partial charge is 0.473 e. The van der Waals surface area contributed by atoms with Gasteiger partial charge in [-0.25, -0.2) is 4.98 Å². The molecule has 3 nitrogen and oxygen atoms in total. The number of hydrogen-bond donors (Lipinski definition) is 0. The van der Waals surface area contributed by atoms with Crippen LogP contribution < -0.4 is 4.74 Å². The molecule has 0 radical (unpaired) electrons. The third-order valence-corrected chi connectivity index (χ3v) is 8.00. The molecule has 1 aliphatic rings. The van der Waals surface area contributed by atoms with Crippen molar-refractivity contribution < 1.29 is 4.74 Å². The first-order valence-corrected chi connectivity index (χ1v) is 15.6. The highest BCUT2D eigenvalue weighted by Gasteiger charge is 2.29. The highest BCUT2D eigenvalue weighted by Crippen LogP contribution is 2.25. The van der Waals surface area contributed by atoms with Gasteiger partial charge in [-0.3, -0.25) is 4.90 Å². The standard InChI is InChI=1S/C32H58N2O/c1-5-9-12-13-16-19-28(18-14-10-6-2)25-29-21-22-32(33-26-29)35-31-23-24-34(27-31)30(17-8-4)20-15-11-7-3/h21-22,26,28,30-31H,5-20,23-25,27H2,1-4H3. The molecular formula is C32H58N2O. The zero-order valence-electron chi connectivity index (χ0n) is 23.9. The second-order valence-corrected chi connectivity index (χ2v) is 11.2. The summed E-state index contributed by atoms with van der Waals surface area (Å²) in [5.41, 5.74) is 1.39. The van der Waals surface area contributed by atoms with Crippen LogP contribution in [0, 0.1) is 5.92 Å². The van der Waals surface area contributed by atoms with Gasteiger partial charge in [-0.15, -0.1) is 0 Å². The molecular weight excluding hydrogens is 428 g/mol. The fourth-order valence-electron chi connectivity index (χ4n) is 5.83. The summed E-state index contributed by atoms with van der Waals surface area (Å²) in [6.45, 7) is 11.5. The van der Waals surface area contributed by atoms with Crippen LogP contribution in [-0.2, 0) is 6.42 Å². The zero-order valence-corrected chi connectivity index (χ0v) is 23.9. The van der Waals surface area contributed by atoms with Crippen LogP contribution in [0.25, 0.3) is 0 Å². The van der Waals surface area contributed by atoms with Gasteiger partial charge in [0.25, 0.3) is 0 Å². The van der Waals surface area contributed by atoms with Gasteiger partial charge in [0, 0.05) is 31.4 Å². The fourth-order valence-corrected chi connectivity index (χ4v) is 5.83. The van der Waals surface area contributed by atoms with Gasteiger partial charge in [0.05, 0.1) is 0 Å². The van der Waals surface area contributed by atoms with Gasteiger partial charge in [-0.1, -0.05) is 124 Å². The minimum absolute atomic E-state index is 0.295. The number of ether oxygens (including phenoxy) is 1. The molecule has 1 aromatic rings. The maximum atomic E-state index is 6.35. The summed E-state index contributed by atoms with van der Waals surface area (Å²) in [4.78, 5) is 7.43. The summed E-state index contributed by atoms with van der Waals surface area (Å²) in [7, 11) is 0. The van der Waals surface area contributed by atoms with Gasteiger partial charge >= 0.3 is 0 Å². The maximum absolute atomic E-state index is 6.35. The molecule has 1 aliphatic heterocycles. The average molecular weight is 487 g/mol. The average Bonchev–Trinajstić information content (AvgIpc) is 3.33. The Hall–Kier alpha value is -1.09. The van der Waals surface area contributed by atoms with E-state index < -0.39 is 0 Å². The molecule has 3 unspecified atom stereocenters. The second kappa shape index (κ2) is 19.1. The van der Waals surface area contributed by atoms with E-state index in [0.29, 0.717) is 6.10 Å². The van der Waals surface area contributed by atoms with Gasteiger partial charge in [0.2, 0.25) is 5.88 Å². The minimum atomic E-state index is 0.295. The van der Waals surface area contributed by atoms with E-state index in [1.165, 1.54) is 121 Å². The number of likely N-dealkylation sites (tertiary alicyclic amines) is 1. The first kappa shape index (κ1) is 30.1. The molecule has 35 heavy (non-hydrogen) atoms. The van der Waals surface area contributed by atoms with E-state index in [2.05, 4.69) is 50.9 Å². The van der Waals surface area contributed by atoms with Gasteiger partial charge in [-0.2, -0.15) is 0 Å². The minimum Gasteiger partial charge on any atom is -0.473 e. The van der Waals surface area contributed by atoms with E-state index in [0.717, 1.165) is 30.8 Å². The van der Waals surface area contributed by atoms with Crippen LogP contribution in [0.3, 0.4) is 0 Å². The van der Waals surface area contributed by atoms with E-state index in [9.17, 15) is 0 Å². The third kappa shape index (κ3) is 12.6. The number of aromatic nitrogens is 1. The maximum Gasteiger partial charge on any atom is 0.213 e. The number of pyridine rings is 1. The molecule has 3 heteroatoms. The summed E-state index contributed by atoms with van der Waals surface area (Å²) in [6, 6.07) is 5.15. The molecule has 202 valence electrons. The van der Waals surface area contributed by atoms with E-state index in [4.69, 9.17) is 9.72 Å². The topological polar surface area (TPSA) is 25.4 Å². The van der Waals surface area contributed by atoms with Crippen molar-refractivity contribution in [3.63, 3.8) is 0 Å². The molecule has 1 aromatic heterocycles. The van der Waals surface area contributed by atoms with Gasteiger partial charge < -0.3 is 4.74 Å². The predicted octanol–water partition coefficient (Wildman–Crippen LogP) is 9.38. The number of nitrogens with zero attached hydrogens (tertiary/aromatic N) is 2. The quantitative estimate of drug-likeness (QED) is 0.162. The normalized spacial score (nSPS) is 18.1. The van der Waals surface area contributed by atoms with Crippen molar-refractivity contribution in [1.82, 2.24) is 9.88 Å². The lowest BCUT2D eigenvalue weighted by Gasteiger charge is -2.27. The van der Waals surface area contributed by atoms with Crippen LogP contribution in [0.4, 0.5) is 0 Å². The van der Waals surface area contributed by atoms with Crippen molar-refractivity contribution in [2.24, 2.45) is 5.92 Å². The van der Waals surface area contributed by atoms with Crippen LogP contribution in [0.2, 0.25) is 0 Å². The van der Waals surface area contributed by atoms with Crippen LogP contribution in [0.1, 0.15) is 142 Å². The molecule has 0 amide bonds. The van der Waals surface area contributed by atoms with Crippen molar-refractivity contribution in [2.45, 2.75) is 155 Å². The monoisotopic (exact) mass is 486 g/mol. The SMILES string of the molecule is CCCCCCCC(CCCCC)Cc1ccc(OC2CCN(C(CCC)CCCCC)C2)nc1. The molecule has 1 saturated heterocycles. The Bertz CT molecular complexity index is 616. The van der Waals surface area contributed by atoms with E-state index in [1.54, 1.807) is 0 Å². The first-order valence-electron chi connectivity index (χ1n) is 15.6. The number of hydrogen-bond acceptors (Lipinski definition) is 3. The van der Waals surface area contributed by atoms with Crippen molar-refractivity contribution in [1.29, 1.82) is 0 Å². The molecule has 0 spiro atoms. The molecule has 3 atom stereocenters. The Labute approximate surface area is 218 Å². The van der Waals surface area contributed by atoms with Crippen LogP contribution in [0.15, 0.2) is 18.3 Å². The molecule has 0 saturated carbocycles. The molecule has 0 bridgehead atoms. The molecule has 0 aromatic carbocycles. The predicted molar refractivity (Wildman–Crippen MR) is 152 cm³/mol. The van der Waals surface area contributed by atoms with E-state index in [-0.39, 0.29) is 0 Å². The molecule has 2 heterocycles.